The molecule has 2 atom stereocenters. The maximum absolute atomic E-state index is 11.5. The van der Waals surface area contributed by atoms with Gasteiger partial charge in [0.15, 0.2) is 6.04 Å². The fourth-order valence-corrected chi connectivity index (χ4v) is 2.58. The zero-order valence-electron chi connectivity index (χ0n) is 13.9. The van der Waals surface area contributed by atoms with Gasteiger partial charge in [-0.1, -0.05) is 6.08 Å². The maximum Gasteiger partial charge on any atom is 0.330 e. The van der Waals surface area contributed by atoms with Gasteiger partial charge in [-0.25, -0.2) is 4.79 Å². The molecule has 0 aromatic heterocycles. The monoisotopic (exact) mass is 320 g/mol. The Morgan fingerprint density at radius 2 is 2.17 bits per heavy atom. The predicted molar refractivity (Wildman–Crippen MR) is 88.5 cm³/mol. The molecule has 2 aliphatic rings. The summed E-state index contributed by atoms with van der Waals surface area (Å²) in [6.45, 7) is 1.32. The molecule has 1 aliphatic heterocycles. The average Bonchev–Trinajstić information content (AvgIpc) is 2.60. The molecule has 0 fully saturated rings. The zero-order valence-corrected chi connectivity index (χ0v) is 13.9. The van der Waals surface area contributed by atoms with Crippen LogP contribution in [0.4, 0.5) is 0 Å². The molecule has 6 heteroatoms. The van der Waals surface area contributed by atoms with Crippen LogP contribution in [-0.4, -0.2) is 58.2 Å². The first kappa shape index (κ1) is 17.4. The van der Waals surface area contributed by atoms with Crippen molar-refractivity contribution in [2.45, 2.75) is 25.0 Å². The number of nitrogens with one attached hydrogen (secondary N) is 1. The largest absolute Gasteiger partial charge is 0.497 e. The molecule has 0 saturated carbocycles. The van der Waals surface area contributed by atoms with E-state index in [4.69, 9.17) is 14.2 Å². The van der Waals surface area contributed by atoms with Crippen LogP contribution in [0.1, 0.15) is 12.8 Å². The van der Waals surface area contributed by atoms with E-state index in [-0.39, 0.29) is 12.1 Å². The van der Waals surface area contributed by atoms with E-state index in [1.54, 1.807) is 14.2 Å². The van der Waals surface area contributed by atoms with E-state index >= 15 is 0 Å². The molecule has 2 rings (SSSR count). The number of aliphatic imine (C=N–C) groups is 1. The van der Waals surface area contributed by atoms with Crippen molar-refractivity contribution in [1.29, 1.82) is 0 Å². The summed E-state index contributed by atoms with van der Waals surface area (Å²) in [7, 11) is 4.73. The molecule has 1 N–H and O–H groups in total. The van der Waals surface area contributed by atoms with Crippen molar-refractivity contribution in [3.63, 3.8) is 0 Å². The van der Waals surface area contributed by atoms with Crippen LogP contribution in [0.3, 0.4) is 0 Å². The van der Waals surface area contributed by atoms with E-state index in [1.807, 2.05) is 24.3 Å². The molecule has 1 heterocycles. The molecule has 0 radical (unpaired) electrons. The average molecular weight is 320 g/mol. The van der Waals surface area contributed by atoms with Crippen molar-refractivity contribution in [1.82, 2.24) is 5.32 Å². The second-order valence-electron chi connectivity index (χ2n) is 5.46. The molecule has 126 valence electrons. The number of rotatable bonds is 7. The first-order valence-electron chi connectivity index (χ1n) is 7.66. The number of hydrogen-bond acceptors (Lipinski definition) is 6. The topological polar surface area (TPSA) is 69.2 Å². The first-order chi connectivity index (χ1) is 11.2. The third kappa shape index (κ3) is 5.04. The van der Waals surface area contributed by atoms with Gasteiger partial charge in [0.1, 0.15) is 5.76 Å². The predicted octanol–water partition coefficient (Wildman–Crippen LogP) is 1.39. The first-order valence-corrected chi connectivity index (χ1v) is 7.66. The van der Waals surface area contributed by atoms with Crippen LogP contribution in [-0.2, 0) is 19.0 Å². The summed E-state index contributed by atoms with van der Waals surface area (Å²) >= 11 is 0. The highest BCUT2D eigenvalue weighted by atomic mass is 16.5. The number of nitrogens with zero attached hydrogens (tertiary/aromatic N) is 1. The summed E-state index contributed by atoms with van der Waals surface area (Å²) in [5.41, 5.74) is 2.06. The third-order valence-corrected chi connectivity index (χ3v) is 3.82. The Hall–Kier alpha value is -1.92. The molecule has 6 nitrogen and oxygen atoms in total. The Labute approximate surface area is 136 Å². The Kier molecular flexibility index (Phi) is 6.55. The van der Waals surface area contributed by atoms with Crippen LogP contribution in [0.25, 0.3) is 0 Å². The van der Waals surface area contributed by atoms with Crippen LogP contribution in [0.15, 0.2) is 40.6 Å². The molecule has 0 aromatic carbocycles. The molecule has 1 aliphatic carbocycles. The molecule has 0 amide bonds. The van der Waals surface area contributed by atoms with Crippen LogP contribution in [0.5, 0.6) is 0 Å². The van der Waals surface area contributed by atoms with E-state index in [9.17, 15) is 4.79 Å². The van der Waals surface area contributed by atoms with Crippen LogP contribution < -0.4 is 5.32 Å². The second-order valence-corrected chi connectivity index (χ2v) is 5.46. The van der Waals surface area contributed by atoms with Crippen molar-refractivity contribution < 1.29 is 19.0 Å². The number of ether oxygens (including phenoxy) is 3. The van der Waals surface area contributed by atoms with Gasteiger partial charge in [0, 0.05) is 25.9 Å². The standard InChI is InChI=1S/C17H24N2O4/c1-21-14-7-12(8-15(9-14)22-2)10-18-11-13-5-4-6-16(19-13)17(20)23-3/h4-5,7,9,15-16,18H,6,8,10-11H2,1-3H3. The van der Waals surface area contributed by atoms with Gasteiger partial charge >= 0.3 is 5.97 Å². The smallest absolute Gasteiger partial charge is 0.330 e. The molecule has 0 spiro atoms. The van der Waals surface area contributed by atoms with Crippen molar-refractivity contribution >= 4 is 11.7 Å². The molecule has 0 saturated heterocycles. The lowest BCUT2D eigenvalue weighted by Crippen LogP contribution is -2.30. The van der Waals surface area contributed by atoms with Crippen LogP contribution >= 0.6 is 0 Å². The minimum atomic E-state index is -0.420. The molecule has 2 unspecified atom stereocenters. The number of methoxy groups -OCH3 is 3. The Bertz CT molecular complexity index is 549. The lowest BCUT2D eigenvalue weighted by molar-refractivity contribution is -0.142. The van der Waals surface area contributed by atoms with E-state index in [0.29, 0.717) is 13.0 Å². The number of hydrogen-bond donors (Lipinski definition) is 1. The number of esters is 1. The number of carbonyl (C=O) groups is 1. The zero-order chi connectivity index (χ0) is 16.7. The minimum Gasteiger partial charge on any atom is -0.497 e. The highest BCUT2D eigenvalue weighted by Gasteiger charge is 2.20. The van der Waals surface area contributed by atoms with Crippen molar-refractivity contribution in [3.8, 4) is 0 Å². The quantitative estimate of drug-likeness (QED) is 0.718. The van der Waals surface area contributed by atoms with Gasteiger partial charge < -0.3 is 19.5 Å². The number of allylic oxidation sites excluding steroid dienone is 1. The fourth-order valence-electron chi connectivity index (χ4n) is 2.58. The van der Waals surface area contributed by atoms with Crippen molar-refractivity contribution in [2.24, 2.45) is 4.99 Å². The second kappa shape index (κ2) is 8.64. The minimum absolute atomic E-state index is 0.0439. The van der Waals surface area contributed by atoms with Gasteiger partial charge in [0.25, 0.3) is 0 Å². The molecular weight excluding hydrogens is 296 g/mol. The fraction of sp³-hybridized carbons (Fsp3) is 0.529. The molecule has 0 aromatic rings. The highest BCUT2D eigenvalue weighted by molar-refractivity contribution is 5.99. The third-order valence-electron chi connectivity index (χ3n) is 3.82. The lowest BCUT2D eigenvalue weighted by Gasteiger charge is -2.21. The lowest BCUT2D eigenvalue weighted by atomic mass is 10.0. The van der Waals surface area contributed by atoms with Crippen molar-refractivity contribution in [3.05, 3.63) is 35.6 Å². The molecule has 0 bridgehead atoms. The van der Waals surface area contributed by atoms with Crippen molar-refractivity contribution in [2.75, 3.05) is 34.4 Å². The van der Waals surface area contributed by atoms with E-state index in [1.165, 1.54) is 12.7 Å². The number of dihydropyridines is 1. The Morgan fingerprint density at radius 3 is 2.87 bits per heavy atom. The molecule has 23 heavy (non-hydrogen) atoms. The van der Waals surface area contributed by atoms with E-state index < -0.39 is 6.04 Å². The Balaban J connectivity index is 1.86. The summed E-state index contributed by atoms with van der Waals surface area (Å²) in [4.78, 5) is 16.0. The van der Waals surface area contributed by atoms with E-state index in [0.717, 1.165) is 24.4 Å². The highest BCUT2D eigenvalue weighted by Crippen LogP contribution is 2.19. The van der Waals surface area contributed by atoms with Gasteiger partial charge in [0.05, 0.1) is 20.3 Å². The SMILES string of the molecule is COC(=O)C1CC=CC(CNCC2=CC(OC)=CC(OC)C2)=N1. The van der Waals surface area contributed by atoms with Gasteiger partial charge in [-0.3, -0.25) is 4.99 Å². The van der Waals surface area contributed by atoms with Gasteiger partial charge in [0.2, 0.25) is 0 Å². The van der Waals surface area contributed by atoms with E-state index in [2.05, 4.69) is 10.3 Å². The summed E-state index contributed by atoms with van der Waals surface area (Å²) in [6, 6.07) is -0.420. The van der Waals surface area contributed by atoms with Gasteiger partial charge in [-0.15, -0.1) is 0 Å². The molecular formula is C17H24N2O4. The van der Waals surface area contributed by atoms with Gasteiger partial charge in [-0.05, 0) is 36.6 Å². The summed E-state index contributed by atoms with van der Waals surface area (Å²) < 4.78 is 15.4. The Morgan fingerprint density at radius 1 is 1.35 bits per heavy atom. The summed E-state index contributed by atoms with van der Waals surface area (Å²) in [5, 5.41) is 3.35. The maximum atomic E-state index is 11.5. The van der Waals surface area contributed by atoms with Gasteiger partial charge in [-0.2, -0.15) is 0 Å². The summed E-state index contributed by atoms with van der Waals surface area (Å²) in [6.07, 6.45) is 9.37. The summed E-state index contributed by atoms with van der Waals surface area (Å²) in [5.74, 6) is 0.528. The normalized spacial score (nSPS) is 23.7. The van der Waals surface area contributed by atoms with Crippen LogP contribution in [0, 0.1) is 0 Å². The van der Waals surface area contributed by atoms with Crippen LogP contribution in [0.2, 0.25) is 0 Å². The number of carbonyl (C=O) groups excluding carboxylic acids is 1.